The second-order valence-electron chi connectivity index (χ2n) is 11.9. The first-order valence-corrected chi connectivity index (χ1v) is 16.0. The van der Waals surface area contributed by atoms with Gasteiger partial charge in [0.15, 0.2) is 0 Å². The maximum Gasteiger partial charge on any atom is 2.00 e. The molecule has 234 valence electrons. The zero-order chi connectivity index (χ0) is 31.3. The normalized spacial score (nSPS) is 13.1. The van der Waals surface area contributed by atoms with Crippen LogP contribution in [-0.4, -0.2) is 15.1 Å². The summed E-state index contributed by atoms with van der Waals surface area (Å²) in [5, 5.41) is 10.8. The van der Waals surface area contributed by atoms with Crippen molar-refractivity contribution in [1.82, 2.24) is 19.9 Å². The molecule has 0 fully saturated rings. The van der Waals surface area contributed by atoms with Crippen LogP contribution in [0.3, 0.4) is 0 Å². The number of benzene rings is 1. The Balaban J connectivity index is 0.00000400. The Labute approximate surface area is 276 Å². The number of nitrogens with zero attached hydrogens (tertiary/aromatic N) is 4. The summed E-state index contributed by atoms with van der Waals surface area (Å²) in [7, 11) is 0. The maximum atomic E-state index is 10.8. The molecule has 0 saturated carbocycles. The first kappa shape index (κ1) is 32.7. The van der Waals surface area contributed by atoms with Crippen molar-refractivity contribution in [3.8, 4) is 11.1 Å². The zero-order valence-corrected chi connectivity index (χ0v) is 28.6. The van der Waals surface area contributed by atoms with Crippen molar-refractivity contribution in [3.05, 3.63) is 93.1 Å². The average molecular weight is 641 g/mol. The third-order valence-corrected chi connectivity index (χ3v) is 9.64. The fourth-order valence-corrected chi connectivity index (χ4v) is 7.20. The van der Waals surface area contributed by atoms with Crippen molar-refractivity contribution < 1.29 is 21.6 Å². The van der Waals surface area contributed by atoms with Crippen LogP contribution >= 0.6 is 0 Å². The molecule has 6 heteroatoms. The van der Waals surface area contributed by atoms with E-state index in [1.165, 1.54) is 22.3 Å². The largest absolute Gasteiger partial charge is 2.00 e. The van der Waals surface area contributed by atoms with Gasteiger partial charge in [0.25, 0.3) is 0 Å². The number of aryl methyl sites for hydroxylation is 4. The summed E-state index contributed by atoms with van der Waals surface area (Å²) in [6, 6.07) is 14.9. The number of hydrogen-bond acceptors (Lipinski definition) is 3. The van der Waals surface area contributed by atoms with Gasteiger partial charge in [-0.2, -0.15) is 0 Å². The third-order valence-electron chi connectivity index (χ3n) is 9.64. The van der Waals surface area contributed by atoms with Gasteiger partial charge in [0, 0.05) is 5.56 Å². The van der Waals surface area contributed by atoms with Crippen LogP contribution in [0.2, 0.25) is 0 Å². The van der Waals surface area contributed by atoms with Crippen LogP contribution in [-0.2, 0) is 35.9 Å². The molecule has 4 aromatic rings. The second-order valence-corrected chi connectivity index (χ2v) is 11.9. The van der Waals surface area contributed by atoms with Crippen molar-refractivity contribution in [2.45, 2.75) is 87.7 Å². The molecular formula is C39H42N4NiO. The Kier molecular flexibility index (Phi) is 9.39. The molecule has 2 aliphatic heterocycles. The van der Waals surface area contributed by atoms with Crippen molar-refractivity contribution in [2.75, 3.05) is 0 Å². The fourth-order valence-electron chi connectivity index (χ4n) is 7.20. The SMILES string of the molecule is CCC1=C(C)c2nc1cc1[n-]c(c(CC)c1C)c(CO)c1[n-]c(cc3nc(c2-c2ccccc2)C(C)=C3CC)c(C)c1CC.[Ni+2]. The van der Waals surface area contributed by atoms with Gasteiger partial charge in [-0.3, -0.25) is 0 Å². The van der Waals surface area contributed by atoms with Gasteiger partial charge < -0.3 is 15.1 Å². The number of allylic oxidation sites excluding steroid dienone is 4. The monoisotopic (exact) mass is 640 g/mol. The molecule has 2 aliphatic rings. The average Bonchev–Trinajstić information content (AvgIpc) is 3.71. The van der Waals surface area contributed by atoms with Crippen LogP contribution < -0.4 is 9.97 Å². The summed E-state index contributed by atoms with van der Waals surface area (Å²) in [6.45, 7) is 17.3. The Bertz CT molecular complexity index is 1900. The van der Waals surface area contributed by atoms with E-state index in [2.05, 4.69) is 97.9 Å². The van der Waals surface area contributed by atoms with Gasteiger partial charge in [0.1, 0.15) is 0 Å². The van der Waals surface area contributed by atoms with Crippen molar-refractivity contribution >= 4 is 44.4 Å². The first-order chi connectivity index (χ1) is 21.3. The van der Waals surface area contributed by atoms with E-state index in [1.807, 2.05) is 0 Å². The van der Waals surface area contributed by atoms with E-state index in [9.17, 15) is 5.11 Å². The van der Waals surface area contributed by atoms with Crippen LogP contribution in [0.25, 0.3) is 55.5 Å². The van der Waals surface area contributed by atoms with E-state index in [1.54, 1.807) is 0 Å². The smallest absolute Gasteiger partial charge is 0.657 e. The topological polar surface area (TPSA) is 74.2 Å². The molecule has 0 atom stereocenters. The number of hydrogen-bond donors (Lipinski definition) is 1. The number of aromatic nitrogens is 4. The van der Waals surface area contributed by atoms with Crippen molar-refractivity contribution in [3.63, 3.8) is 0 Å². The van der Waals surface area contributed by atoms with E-state index >= 15 is 0 Å². The summed E-state index contributed by atoms with van der Waals surface area (Å²) in [6.07, 6.45) is 3.35. The van der Waals surface area contributed by atoms with E-state index in [4.69, 9.17) is 19.9 Å². The molecule has 45 heavy (non-hydrogen) atoms. The number of rotatable bonds is 6. The third kappa shape index (κ3) is 5.22. The molecule has 5 nitrogen and oxygen atoms in total. The summed E-state index contributed by atoms with van der Waals surface area (Å²) < 4.78 is 0. The summed E-state index contributed by atoms with van der Waals surface area (Å²) in [4.78, 5) is 21.2. The maximum absolute atomic E-state index is 10.8. The summed E-state index contributed by atoms with van der Waals surface area (Å²) in [5.74, 6) is 0. The first-order valence-electron chi connectivity index (χ1n) is 16.0. The molecule has 1 aromatic carbocycles. The number of aliphatic hydroxyl groups is 1. The van der Waals surface area contributed by atoms with E-state index < -0.39 is 0 Å². The molecule has 0 aliphatic carbocycles. The van der Waals surface area contributed by atoms with Crippen LogP contribution in [0.15, 0.2) is 42.5 Å². The predicted molar refractivity (Wildman–Crippen MR) is 184 cm³/mol. The minimum atomic E-state index is -0.128. The van der Waals surface area contributed by atoms with Gasteiger partial charge in [0.2, 0.25) is 0 Å². The molecule has 0 saturated heterocycles. The molecule has 5 heterocycles. The van der Waals surface area contributed by atoms with Crippen molar-refractivity contribution in [1.29, 1.82) is 0 Å². The molecule has 0 unspecified atom stereocenters. The van der Waals surface area contributed by atoms with Gasteiger partial charge in [-0.15, -0.1) is 22.1 Å². The van der Waals surface area contributed by atoms with Crippen LogP contribution in [0.1, 0.15) is 105 Å². The summed E-state index contributed by atoms with van der Waals surface area (Å²) in [5.41, 5.74) is 19.7. The van der Waals surface area contributed by atoms with Gasteiger partial charge in [-0.25, -0.2) is 9.97 Å². The van der Waals surface area contributed by atoms with Crippen LogP contribution in [0.5, 0.6) is 0 Å². The van der Waals surface area contributed by atoms with Gasteiger partial charge in [-0.1, -0.05) is 98.0 Å². The number of aliphatic hydroxyl groups excluding tert-OH is 1. The van der Waals surface area contributed by atoms with Gasteiger partial charge >= 0.3 is 16.5 Å². The quantitative estimate of drug-likeness (QED) is 0.213. The Morgan fingerprint density at radius 3 is 1.44 bits per heavy atom. The Morgan fingerprint density at radius 1 is 0.622 bits per heavy atom. The zero-order valence-electron chi connectivity index (χ0n) is 27.6. The van der Waals surface area contributed by atoms with Crippen LogP contribution in [0, 0.1) is 13.8 Å². The standard InChI is InChI=1S/C39H42N4O.Ni/c1-9-26-23(7)36-35(25-16-14-13-15-17-25)37-24(8)27(10-2)34(43-37)19-32-22(6)29(12-4)39(41-32)30(20-44)38-28(11-3)21(5)31(40-38)18-33(26)42-36;/h13-19,44H,9-12,20H2,1-8H3;/q-2;+2. The molecule has 1 N–H and O–H groups in total. The molecule has 8 bridgehead atoms. The summed E-state index contributed by atoms with van der Waals surface area (Å²) >= 11 is 0. The molecule has 0 spiro atoms. The molecular weight excluding hydrogens is 599 g/mol. The van der Waals surface area contributed by atoms with E-state index in [0.29, 0.717) is 0 Å². The second kappa shape index (κ2) is 12.9. The Morgan fingerprint density at radius 2 is 1.07 bits per heavy atom. The van der Waals surface area contributed by atoms with E-state index in [0.717, 1.165) is 109 Å². The molecule has 0 amide bonds. The molecule has 0 radical (unpaired) electrons. The van der Waals surface area contributed by atoms with Gasteiger partial charge in [0.05, 0.1) is 29.4 Å². The van der Waals surface area contributed by atoms with E-state index in [-0.39, 0.29) is 23.1 Å². The number of fused-ring (bicyclic) bond motifs is 8. The minimum absolute atomic E-state index is 0. The van der Waals surface area contributed by atoms with Crippen molar-refractivity contribution in [2.24, 2.45) is 0 Å². The predicted octanol–water partition coefficient (Wildman–Crippen LogP) is 9.15. The molecule has 6 rings (SSSR count). The minimum Gasteiger partial charge on any atom is -0.657 e. The van der Waals surface area contributed by atoms with Gasteiger partial charge in [-0.05, 0) is 81.2 Å². The molecule has 3 aromatic heterocycles. The Hall–Kier alpha value is -3.73. The fraction of sp³-hybridized carbons (Fsp3) is 0.333. The van der Waals surface area contributed by atoms with Crippen LogP contribution in [0.4, 0.5) is 0 Å².